The van der Waals surface area contributed by atoms with E-state index in [-0.39, 0.29) is 79.8 Å². The molecule has 12 atom stereocenters. The minimum atomic E-state index is -2.01. The molecular weight excluding hydrogens is 1010 g/mol. The number of ketones is 2. The van der Waals surface area contributed by atoms with Gasteiger partial charge in [0.15, 0.2) is 18.3 Å². The number of allylic oxidation sites excluding steroid dienone is 4. The molecule has 0 bridgehead atoms. The van der Waals surface area contributed by atoms with Crippen molar-refractivity contribution in [3.05, 3.63) is 23.8 Å². The zero-order valence-corrected chi connectivity index (χ0v) is 41.7. The van der Waals surface area contributed by atoms with Gasteiger partial charge >= 0.3 is 30.0 Å². The maximum atomic E-state index is 13.4. The number of carbonyl (C=O) groups is 11. The van der Waals surface area contributed by atoms with Gasteiger partial charge in [-0.05, 0) is 68.9 Å². The molecule has 4 amide bonds. The van der Waals surface area contributed by atoms with Crippen LogP contribution in [0, 0.1) is 35.0 Å². The summed E-state index contributed by atoms with van der Waals surface area (Å²) in [4.78, 5) is 141. The van der Waals surface area contributed by atoms with Crippen LogP contribution >= 0.6 is 21.6 Å². The van der Waals surface area contributed by atoms with Crippen molar-refractivity contribution in [1.82, 2.24) is 21.3 Å². The lowest BCUT2D eigenvalue weighted by molar-refractivity contribution is -0.155. The van der Waals surface area contributed by atoms with Gasteiger partial charge in [0.25, 0.3) is 0 Å². The first-order valence-corrected chi connectivity index (χ1v) is 25.8. The summed E-state index contributed by atoms with van der Waals surface area (Å²) in [5.41, 5.74) is 9.23. The lowest BCUT2D eigenvalue weighted by Crippen LogP contribution is -2.58. The van der Waals surface area contributed by atoms with Crippen molar-refractivity contribution in [2.45, 2.75) is 114 Å². The van der Waals surface area contributed by atoms with Gasteiger partial charge in [-0.2, -0.15) is 0 Å². The van der Waals surface area contributed by atoms with Crippen molar-refractivity contribution >= 4 is 92.8 Å². The van der Waals surface area contributed by atoms with E-state index in [4.69, 9.17) is 26.0 Å². The second-order valence-electron chi connectivity index (χ2n) is 18.6. The second kappa shape index (κ2) is 26.6. The Morgan fingerprint density at radius 2 is 1.40 bits per heavy atom. The number of hydrogen-bond donors (Lipinski definition) is 12. The predicted molar refractivity (Wildman–Crippen MR) is 257 cm³/mol. The lowest BCUT2D eigenvalue weighted by Gasteiger charge is -2.56. The number of carbonyl (C=O) groups excluding carboxylic acids is 7. The van der Waals surface area contributed by atoms with E-state index in [1.807, 2.05) is 18.3 Å². The van der Waals surface area contributed by atoms with Crippen LogP contribution in [0.4, 0.5) is 4.79 Å². The van der Waals surface area contributed by atoms with Crippen molar-refractivity contribution in [3.8, 4) is 0 Å². The molecule has 4 rings (SSSR count). The first-order chi connectivity index (χ1) is 34.3. The fraction of sp³-hybridized carbons (Fsp3) is 0.644. The minimum absolute atomic E-state index is 0.0103. The van der Waals surface area contributed by atoms with Gasteiger partial charge in [0.1, 0.15) is 36.4 Å². The van der Waals surface area contributed by atoms with Gasteiger partial charge in [-0.15, -0.1) is 0 Å². The van der Waals surface area contributed by atoms with Crippen LogP contribution in [0.1, 0.15) is 78.1 Å². The van der Waals surface area contributed by atoms with Crippen LogP contribution in [-0.2, 0) is 57.4 Å². The quantitative estimate of drug-likeness (QED) is 0.0145. The van der Waals surface area contributed by atoms with E-state index in [2.05, 4.69) is 20.9 Å². The highest BCUT2D eigenvalue weighted by atomic mass is 33.1. The molecule has 0 heterocycles. The summed E-state index contributed by atoms with van der Waals surface area (Å²) in [6.45, 7) is 2.16. The molecule has 4 aliphatic rings. The van der Waals surface area contributed by atoms with E-state index < -0.39 is 138 Å². The topological polar surface area (TPSA) is 440 Å². The van der Waals surface area contributed by atoms with Gasteiger partial charge in [-0.1, -0.05) is 47.1 Å². The molecule has 0 aromatic carbocycles. The fourth-order valence-corrected chi connectivity index (χ4v) is 12.1. The zero-order chi connectivity index (χ0) is 54.4. The number of guanidine groups is 1. The van der Waals surface area contributed by atoms with Crippen LogP contribution in [-0.4, -0.2) is 169 Å². The Bertz CT molecular complexity index is 2240. The van der Waals surface area contributed by atoms with Crippen LogP contribution in [0.2, 0.25) is 0 Å². The van der Waals surface area contributed by atoms with Crippen molar-refractivity contribution in [3.63, 3.8) is 0 Å². The van der Waals surface area contributed by atoms with Gasteiger partial charge in [0.05, 0.1) is 25.4 Å². The van der Waals surface area contributed by atoms with E-state index in [1.165, 1.54) is 13.0 Å². The van der Waals surface area contributed by atoms with Gasteiger partial charge in [0, 0.05) is 41.2 Å². The molecule has 0 aliphatic heterocycles. The molecule has 3 fully saturated rings. The molecular formula is C45H63N7O19S2. The summed E-state index contributed by atoms with van der Waals surface area (Å²) in [5, 5.41) is 69.6. The molecule has 12 unspecified atom stereocenters. The van der Waals surface area contributed by atoms with Crippen molar-refractivity contribution < 1.29 is 92.9 Å². The molecule has 4 aliphatic carbocycles. The first kappa shape index (κ1) is 59.3. The van der Waals surface area contributed by atoms with Crippen molar-refractivity contribution in [1.29, 1.82) is 0 Å². The molecule has 3 saturated carbocycles. The molecule has 0 radical (unpaired) electrons. The van der Waals surface area contributed by atoms with E-state index in [0.717, 1.165) is 27.2 Å². The number of carboxylic acid groups (broad SMARTS) is 4. The average molecular weight is 1070 g/mol. The largest absolute Gasteiger partial charge is 0.508 e. The highest BCUT2D eigenvalue weighted by Gasteiger charge is 2.62. The van der Waals surface area contributed by atoms with E-state index in [1.54, 1.807) is 6.08 Å². The smallest absolute Gasteiger partial charge is 0.481 e. The summed E-state index contributed by atoms with van der Waals surface area (Å²) in [6, 6.07) is -7.19. The fourth-order valence-electron chi connectivity index (χ4n) is 10.1. The lowest BCUT2D eigenvalue weighted by atomic mass is 9.49. The highest BCUT2D eigenvalue weighted by Crippen LogP contribution is 2.62. The number of aliphatic carboxylic acids is 4. The number of amides is 4. The number of ether oxygens (including phenoxy) is 2. The average Bonchev–Trinajstić information content (AvgIpc) is 3.64. The van der Waals surface area contributed by atoms with Crippen LogP contribution in [0.15, 0.2) is 28.8 Å². The van der Waals surface area contributed by atoms with E-state index in [0.29, 0.717) is 19.3 Å². The molecule has 14 N–H and O–H groups in total. The number of carboxylic acids is 4. The molecule has 0 spiro atoms. The number of hydrogen-bond acceptors (Lipinski definition) is 18. The SMILES string of the molecule is CC(CC(=O)O)C(=O)NC(CCCN=C(N)N)C(=O)NC(CC(=O)O)C(=O)NC(CC(=O)O)C(=O)NC(CSSCCOC(=O)OCC(=O)C1(O)CCC2C3CCC4=CC(=O)C=CC4(C)C3C(O)CC21)C(=O)O. The Balaban J connectivity index is 1.25. The number of nitrogens with one attached hydrogen (secondary N) is 4. The summed E-state index contributed by atoms with van der Waals surface area (Å²) < 4.78 is 10.0. The number of fused-ring (bicyclic) bond motifs is 5. The molecule has 0 saturated heterocycles. The molecule has 28 heteroatoms. The molecule has 73 heavy (non-hydrogen) atoms. The summed E-state index contributed by atoms with van der Waals surface area (Å²) in [7, 11) is 1.87. The molecule has 26 nitrogen and oxygen atoms in total. The number of nitrogens with two attached hydrogens (primary N) is 2. The zero-order valence-electron chi connectivity index (χ0n) is 40.0. The summed E-state index contributed by atoms with van der Waals surface area (Å²) in [6.07, 6.45) is 2.06. The Hall–Kier alpha value is -6.26. The third-order valence-corrected chi connectivity index (χ3v) is 16.0. The van der Waals surface area contributed by atoms with Crippen molar-refractivity contribution in [2.24, 2.45) is 51.5 Å². The normalized spacial score (nSPS) is 25.7. The second-order valence-corrected chi connectivity index (χ2v) is 21.2. The number of aliphatic hydroxyl groups excluding tert-OH is 1. The van der Waals surface area contributed by atoms with Gasteiger partial charge in [0.2, 0.25) is 29.4 Å². The molecule has 0 aromatic heterocycles. The third-order valence-electron chi connectivity index (χ3n) is 13.6. The Morgan fingerprint density at radius 3 is 1.99 bits per heavy atom. The minimum Gasteiger partial charge on any atom is -0.481 e. The van der Waals surface area contributed by atoms with Crippen LogP contribution < -0.4 is 32.7 Å². The molecule has 0 aromatic rings. The number of Topliss-reactive ketones (excluding diaryl/α,β-unsaturated/α-hetero) is 1. The summed E-state index contributed by atoms with van der Waals surface area (Å²) >= 11 is 0. The molecule has 404 valence electrons. The standard InChI is InChI=1S/C45H63N7O19S2/c1-21(14-33(56)57)37(62)49-27(4-3-11-48-42(46)47)38(63)50-28(17-34(58)59)39(64)51-29(18-35(60)61)40(65)52-30(41(66)67)20-73-72-13-12-70-43(68)71-19-32(55)45(69)10-8-24-25-6-5-22-15-23(53)7-9-44(22,2)36(25)31(54)16-26(24)45/h7,9,15,21,24-31,36,54,69H,3-6,8,10-14,16-20H2,1-2H3,(H,49,62)(H,50,63)(H,51,64)(H,52,65)(H,56,57)(H,58,59)(H,60,61)(H,66,67)(H4,46,47,48). The Kier molecular flexibility index (Phi) is 21.6. The first-order valence-electron chi connectivity index (χ1n) is 23.3. The number of rotatable bonds is 28. The monoisotopic (exact) mass is 1070 g/mol. The van der Waals surface area contributed by atoms with Gasteiger partial charge in [-0.3, -0.25) is 48.1 Å². The number of nitrogens with zero attached hydrogens (tertiary/aromatic N) is 1. The van der Waals surface area contributed by atoms with Crippen molar-refractivity contribution in [2.75, 3.05) is 31.3 Å². The number of aliphatic hydroxyl groups is 2. The highest BCUT2D eigenvalue weighted by molar-refractivity contribution is 8.76. The van der Waals surface area contributed by atoms with E-state index in [9.17, 15) is 78.3 Å². The third kappa shape index (κ3) is 16.4. The van der Waals surface area contributed by atoms with E-state index >= 15 is 0 Å². The maximum absolute atomic E-state index is 13.4. The Labute approximate surface area is 426 Å². The van der Waals surface area contributed by atoms with Crippen LogP contribution in [0.5, 0.6) is 0 Å². The maximum Gasteiger partial charge on any atom is 0.508 e. The van der Waals surface area contributed by atoms with Crippen LogP contribution in [0.25, 0.3) is 0 Å². The Morgan fingerprint density at radius 1 is 0.808 bits per heavy atom. The number of aliphatic imine (C=N–C) groups is 1. The summed E-state index contributed by atoms with van der Waals surface area (Å²) in [5.74, 6) is -14.3. The van der Waals surface area contributed by atoms with Crippen LogP contribution in [0.3, 0.4) is 0 Å². The van der Waals surface area contributed by atoms with Gasteiger partial charge in [-0.25, -0.2) is 9.59 Å². The van der Waals surface area contributed by atoms with Gasteiger partial charge < -0.3 is 72.8 Å². The predicted octanol–water partition coefficient (Wildman–Crippen LogP) is -1.15.